The summed E-state index contributed by atoms with van der Waals surface area (Å²) in [5, 5.41) is 6.32. The maximum Gasteiger partial charge on any atom is 0.221 e. The van der Waals surface area contributed by atoms with Crippen molar-refractivity contribution in [2.75, 3.05) is 11.9 Å². The third-order valence-electron chi connectivity index (χ3n) is 3.68. The van der Waals surface area contributed by atoms with Crippen LogP contribution in [0.15, 0.2) is 36.7 Å². The standard InChI is InChI=1S/C15H18N4O/c1-10(15-16-6-7-17-15)19-14(20)8-11-9-18-13-5-3-2-4-12(11)13/h2-7,10-11,18H,8-9H2,1H3,(H,16,17)(H,19,20). The minimum Gasteiger partial charge on any atom is -0.384 e. The van der Waals surface area contributed by atoms with Crippen molar-refractivity contribution >= 4 is 11.6 Å². The summed E-state index contributed by atoms with van der Waals surface area (Å²) < 4.78 is 0. The summed E-state index contributed by atoms with van der Waals surface area (Å²) >= 11 is 0. The second-order valence-corrected chi connectivity index (χ2v) is 5.13. The lowest BCUT2D eigenvalue weighted by Crippen LogP contribution is -2.28. The van der Waals surface area contributed by atoms with Crippen LogP contribution in [0.5, 0.6) is 0 Å². The predicted molar refractivity (Wildman–Crippen MR) is 77.4 cm³/mol. The van der Waals surface area contributed by atoms with Crippen molar-refractivity contribution in [1.82, 2.24) is 15.3 Å². The molecule has 0 saturated carbocycles. The van der Waals surface area contributed by atoms with E-state index in [0.29, 0.717) is 6.42 Å². The molecule has 2 atom stereocenters. The molecule has 2 aromatic rings. The number of carbonyl (C=O) groups is 1. The molecule has 5 nitrogen and oxygen atoms in total. The van der Waals surface area contributed by atoms with Crippen LogP contribution < -0.4 is 10.6 Å². The lowest BCUT2D eigenvalue weighted by Gasteiger charge is -2.14. The summed E-state index contributed by atoms with van der Waals surface area (Å²) in [7, 11) is 0. The number of amides is 1. The summed E-state index contributed by atoms with van der Waals surface area (Å²) in [5.74, 6) is 1.08. The molecule has 0 aliphatic carbocycles. The van der Waals surface area contributed by atoms with Crippen LogP contribution in [0.25, 0.3) is 0 Å². The molecule has 1 aliphatic rings. The van der Waals surface area contributed by atoms with Crippen molar-refractivity contribution in [2.45, 2.75) is 25.3 Å². The molecule has 5 heteroatoms. The Balaban J connectivity index is 1.60. The first-order chi connectivity index (χ1) is 9.74. The lowest BCUT2D eigenvalue weighted by molar-refractivity contribution is -0.122. The first-order valence-corrected chi connectivity index (χ1v) is 6.85. The van der Waals surface area contributed by atoms with Gasteiger partial charge in [0.05, 0.1) is 6.04 Å². The summed E-state index contributed by atoms with van der Waals surface area (Å²) in [6, 6.07) is 8.07. The number of benzene rings is 1. The maximum absolute atomic E-state index is 12.1. The number of imidazole rings is 1. The highest BCUT2D eigenvalue weighted by molar-refractivity contribution is 5.78. The largest absolute Gasteiger partial charge is 0.384 e. The fourth-order valence-corrected chi connectivity index (χ4v) is 2.65. The van der Waals surface area contributed by atoms with Crippen LogP contribution in [0.1, 0.15) is 36.7 Å². The van der Waals surface area contributed by atoms with E-state index in [0.717, 1.165) is 18.1 Å². The van der Waals surface area contributed by atoms with Gasteiger partial charge in [0.2, 0.25) is 5.91 Å². The zero-order chi connectivity index (χ0) is 13.9. The van der Waals surface area contributed by atoms with Crippen LogP contribution in [0.4, 0.5) is 5.69 Å². The van der Waals surface area contributed by atoms with Gasteiger partial charge >= 0.3 is 0 Å². The van der Waals surface area contributed by atoms with Crippen LogP contribution in [0.2, 0.25) is 0 Å². The molecule has 1 amide bonds. The third kappa shape index (κ3) is 2.52. The van der Waals surface area contributed by atoms with Crippen molar-refractivity contribution in [3.05, 3.63) is 48.0 Å². The van der Waals surface area contributed by atoms with Gasteiger partial charge in [0.1, 0.15) is 5.82 Å². The molecule has 20 heavy (non-hydrogen) atoms. The van der Waals surface area contributed by atoms with Crippen molar-refractivity contribution in [2.24, 2.45) is 0 Å². The highest BCUT2D eigenvalue weighted by atomic mass is 16.1. The smallest absolute Gasteiger partial charge is 0.221 e. The van der Waals surface area contributed by atoms with Crippen LogP contribution in [0, 0.1) is 0 Å². The van der Waals surface area contributed by atoms with Gasteiger partial charge in [-0.25, -0.2) is 4.98 Å². The van der Waals surface area contributed by atoms with Gasteiger partial charge in [-0.1, -0.05) is 18.2 Å². The molecule has 0 spiro atoms. The number of carbonyl (C=O) groups excluding carboxylic acids is 1. The van der Waals surface area contributed by atoms with Gasteiger partial charge in [-0.2, -0.15) is 0 Å². The molecule has 104 valence electrons. The number of H-pyrrole nitrogens is 1. The average molecular weight is 270 g/mol. The van der Waals surface area contributed by atoms with Crippen LogP contribution >= 0.6 is 0 Å². The minimum absolute atomic E-state index is 0.0532. The molecule has 1 aromatic carbocycles. The van der Waals surface area contributed by atoms with Crippen molar-refractivity contribution < 1.29 is 4.79 Å². The average Bonchev–Trinajstić information content (AvgIpc) is 3.09. The van der Waals surface area contributed by atoms with E-state index >= 15 is 0 Å². The number of fused-ring (bicyclic) bond motifs is 1. The van der Waals surface area contributed by atoms with E-state index < -0.39 is 0 Å². The third-order valence-corrected chi connectivity index (χ3v) is 3.68. The molecule has 0 saturated heterocycles. The van der Waals surface area contributed by atoms with Crippen LogP contribution in [-0.2, 0) is 4.79 Å². The second kappa shape index (κ2) is 5.36. The number of anilines is 1. The van der Waals surface area contributed by atoms with Gasteiger partial charge in [-0.15, -0.1) is 0 Å². The quantitative estimate of drug-likeness (QED) is 0.797. The van der Waals surface area contributed by atoms with Gasteiger partial charge in [0.15, 0.2) is 0 Å². The molecule has 1 aromatic heterocycles. The number of rotatable bonds is 4. The van der Waals surface area contributed by atoms with E-state index in [-0.39, 0.29) is 17.9 Å². The summed E-state index contributed by atoms with van der Waals surface area (Å²) in [5.41, 5.74) is 2.37. The molecular formula is C15H18N4O. The molecule has 2 unspecified atom stereocenters. The Labute approximate surface area is 117 Å². The molecule has 0 radical (unpaired) electrons. The minimum atomic E-state index is -0.0953. The van der Waals surface area contributed by atoms with Gasteiger partial charge < -0.3 is 15.6 Å². The Bertz CT molecular complexity index is 594. The summed E-state index contributed by atoms with van der Waals surface area (Å²) in [6.07, 6.45) is 3.94. The Morgan fingerprint density at radius 3 is 3.15 bits per heavy atom. The molecule has 0 fully saturated rings. The van der Waals surface area contributed by atoms with Crippen LogP contribution in [0.3, 0.4) is 0 Å². The predicted octanol–water partition coefficient (Wildman–Crippen LogP) is 2.19. The molecule has 3 N–H and O–H groups in total. The Hall–Kier alpha value is -2.30. The SMILES string of the molecule is CC(NC(=O)CC1CNc2ccccc21)c1ncc[nH]1. The zero-order valence-corrected chi connectivity index (χ0v) is 11.4. The van der Waals surface area contributed by atoms with E-state index in [1.807, 2.05) is 19.1 Å². The fourth-order valence-electron chi connectivity index (χ4n) is 2.65. The molecule has 1 aliphatic heterocycles. The maximum atomic E-state index is 12.1. The number of nitrogens with one attached hydrogen (secondary N) is 3. The topological polar surface area (TPSA) is 69.8 Å². The fraction of sp³-hybridized carbons (Fsp3) is 0.333. The van der Waals surface area contributed by atoms with E-state index in [9.17, 15) is 4.79 Å². The monoisotopic (exact) mass is 270 g/mol. The number of aromatic nitrogens is 2. The Morgan fingerprint density at radius 2 is 2.35 bits per heavy atom. The first kappa shape index (κ1) is 12.7. The van der Waals surface area contributed by atoms with Gasteiger partial charge in [-0.05, 0) is 18.6 Å². The number of aromatic amines is 1. The van der Waals surface area contributed by atoms with Gasteiger partial charge in [-0.3, -0.25) is 4.79 Å². The van der Waals surface area contributed by atoms with Gasteiger partial charge in [0, 0.05) is 37.0 Å². The van der Waals surface area contributed by atoms with Gasteiger partial charge in [0.25, 0.3) is 0 Å². The normalized spacial score (nSPS) is 18.1. The first-order valence-electron chi connectivity index (χ1n) is 6.85. The highest BCUT2D eigenvalue weighted by Gasteiger charge is 2.24. The number of hydrogen-bond acceptors (Lipinski definition) is 3. The lowest BCUT2D eigenvalue weighted by atomic mass is 9.97. The molecular weight excluding hydrogens is 252 g/mol. The Kier molecular flexibility index (Phi) is 3.41. The number of hydrogen-bond donors (Lipinski definition) is 3. The van der Waals surface area contributed by atoms with E-state index in [1.165, 1.54) is 5.56 Å². The molecule has 2 heterocycles. The highest BCUT2D eigenvalue weighted by Crippen LogP contribution is 2.33. The van der Waals surface area contributed by atoms with E-state index in [4.69, 9.17) is 0 Å². The van der Waals surface area contributed by atoms with Crippen molar-refractivity contribution in [1.29, 1.82) is 0 Å². The van der Waals surface area contributed by atoms with E-state index in [2.05, 4.69) is 32.7 Å². The van der Waals surface area contributed by atoms with Crippen LogP contribution in [-0.4, -0.2) is 22.4 Å². The zero-order valence-electron chi connectivity index (χ0n) is 11.4. The van der Waals surface area contributed by atoms with E-state index in [1.54, 1.807) is 12.4 Å². The Morgan fingerprint density at radius 1 is 1.50 bits per heavy atom. The van der Waals surface area contributed by atoms with Crippen molar-refractivity contribution in [3.63, 3.8) is 0 Å². The summed E-state index contributed by atoms with van der Waals surface area (Å²) in [6.45, 7) is 2.75. The molecule has 0 bridgehead atoms. The van der Waals surface area contributed by atoms with Crippen molar-refractivity contribution in [3.8, 4) is 0 Å². The second-order valence-electron chi connectivity index (χ2n) is 5.13. The summed E-state index contributed by atoms with van der Waals surface area (Å²) in [4.78, 5) is 19.3. The number of para-hydroxylation sites is 1. The number of nitrogens with zero attached hydrogens (tertiary/aromatic N) is 1. The molecule has 3 rings (SSSR count).